The van der Waals surface area contributed by atoms with Gasteiger partial charge in [-0.1, -0.05) is 12.1 Å². The van der Waals surface area contributed by atoms with Gasteiger partial charge in [-0.25, -0.2) is 9.97 Å². The Bertz CT molecular complexity index is 1180. The maximum atomic E-state index is 12.0. The van der Waals surface area contributed by atoms with Crippen molar-refractivity contribution in [3.63, 3.8) is 0 Å². The van der Waals surface area contributed by atoms with Crippen LogP contribution in [0.4, 0.5) is 17.3 Å². The number of carbonyl (C=O) groups is 1. The Morgan fingerprint density at radius 2 is 1.91 bits per heavy atom. The van der Waals surface area contributed by atoms with Crippen LogP contribution in [0.1, 0.15) is 23.2 Å². The molecule has 8 nitrogen and oxygen atoms in total. The van der Waals surface area contributed by atoms with Crippen molar-refractivity contribution in [2.45, 2.75) is 18.4 Å². The lowest BCUT2D eigenvalue weighted by Crippen LogP contribution is -2.45. The zero-order valence-corrected chi connectivity index (χ0v) is 18.1. The van der Waals surface area contributed by atoms with E-state index in [0.717, 1.165) is 49.5 Å². The standard InChI is InChI=1S/C25H24N6O2/c26-12-14-27-23(32)19-3-1-18(2-4-19)22-9-13-28-24(30-22)29-20-5-7-21(8-6-20)31-15-10-25(17-31)11-16-33-25/h1-9,13H,10-11,14-17H2,(H,27,32)(H,28,29,30)/t25-/m0/s1. The van der Waals surface area contributed by atoms with E-state index in [1.54, 1.807) is 18.3 Å². The number of amides is 1. The quantitative estimate of drug-likeness (QED) is 0.566. The molecule has 2 aliphatic heterocycles. The van der Waals surface area contributed by atoms with E-state index in [1.165, 1.54) is 5.69 Å². The summed E-state index contributed by atoms with van der Waals surface area (Å²) in [6, 6.07) is 19.1. The highest BCUT2D eigenvalue weighted by molar-refractivity contribution is 5.94. The topological polar surface area (TPSA) is 103 Å². The molecule has 3 aromatic rings. The van der Waals surface area contributed by atoms with Crippen LogP contribution >= 0.6 is 0 Å². The van der Waals surface area contributed by atoms with E-state index in [4.69, 9.17) is 10.00 Å². The summed E-state index contributed by atoms with van der Waals surface area (Å²) in [6.07, 6.45) is 3.96. The molecule has 0 aliphatic carbocycles. The SMILES string of the molecule is N#CCNC(=O)c1ccc(-c2ccnc(Nc3ccc(N4CC[C@]5(CCO5)C4)cc3)n2)cc1. The summed E-state index contributed by atoms with van der Waals surface area (Å²) in [5.41, 5.74) is 4.30. The number of benzene rings is 2. The minimum Gasteiger partial charge on any atom is -0.373 e. The van der Waals surface area contributed by atoms with Crippen LogP contribution in [0.3, 0.4) is 0 Å². The van der Waals surface area contributed by atoms with Crippen LogP contribution < -0.4 is 15.5 Å². The van der Waals surface area contributed by atoms with E-state index in [-0.39, 0.29) is 18.1 Å². The molecule has 2 N–H and O–H groups in total. The molecular weight excluding hydrogens is 416 g/mol. The third-order valence-corrected chi connectivity index (χ3v) is 6.20. The van der Waals surface area contributed by atoms with Crippen molar-refractivity contribution >= 4 is 23.2 Å². The normalized spacial score (nSPS) is 19.1. The van der Waals surface area contributed by atoms with Crippen LogP contribution in [0.2, 0.25) is 0 Å². The first-order chi connectivity index (χ1) is 16.1. The van der Waals surface area contributed by atoms with Gasteiger partial charge in [-0.2, -0.15) is 5.26 Å². The van der Waals surface area contributed by atoms with Gasteiger partial charge < -0.3 is 20.3 Å². The summed E-state index contributed by atoms with van der Waals surface area (Å²) in [6.45, 7) is 2.85. The number of ether oxygens (including phenoxy) is 1. The predicted octanol–water partition coefficient (Wildman–Crippen LogP) is 3.51. The zero-order valence-electron chi connectivity index (χ0n) is 18.1. The number of hydrogen-bond acceptors (Lipinski definition) is 7. The number of carbonyl (C=O) groups excluding carboxylic acids is 1. The Hall–Kier alpha value is -3.96. The van der Waals surface area contributed by atoms with Crippen LogP contribution in [0.15, 0.2) is 60.8 Å². The van der Waals surface area contributed by atoms with E-state index < -0.39 is 0 Å². The highest BCUT2D eigenvalue weighted by atomic mass is 16.5. The molecule has 166 valence electrons. The molecule has 1 atom stereocenters. The molecule has 0 radical (unpaired) electrons. The van der Waals surface area contributed by atoms with E-state index in [9.17, 15) is 4.79 Å². The lowest BCUT2D eigenvalue weighted by atomic mass is 9.94. The lowest BCUT2D eigenvalue weighted by molar-refractivity contribution is -0.130. The van der Waals surface area contributed by atoms with Crippen LogP contribution in [0, 0.1) is 11.3 Å². The number of anilines is 3. The first-order valence-electron chi connectivity index (χ1n) is 11.0. The Labute approximate surface area is 192 Å². The van der Waals surface area contributed by atoms with Crippen molar-refractivity contribution < 1.29 is 9.53 Å². The second-order valence-corrected chi connectivity index (χ2v) is 8.31. The van der Waals surface area contributed by atoms with Gasteiger partial charge in [-0.05, 0) is 48.9 Å². The summed E-state index contributed by atoms with van der Waals surface area (Å²) in [5, 5.41) is 14.4. The average Bonchev–Trinajstić information content (AvgIpc) is 3.30. The summed E-state index contributed by atoms with van der Waals surface area (Å²) < 4.78 is 5.81. The molecular formula is C25H24N6O2. The van der Waals surface area contributed by atoms with Gasteiger partial charge in [0.15, 0.2) is 0 Å². The van der Waals surface area contributed by atoms with Crippen LogP contribution in [-0.2, 0) is 4.74 Å². The predicted molar refractivity (Wildman–Crippen MR) is 125 cm³/mol. The smallest absolute Gasteiger partial charge is 0.252 e. The number of nitriles is 1. The summed E-state index contributed by atoms with van der Waals surface area (Å²) in [7, 11) is 0. The van der Waals surface area contributed by atoms with Gasteiger partial charge in [0, 0.05) is 48.2 Å². The van der Waals surface area contributed by atoms with E-state index in [1.807, 2.05) is 36.4 Å². The fraction of sp³-hybridized carbons (Fsp3) is 0.280. The molecule has 2 aromatic carbocycles. The Morgan fingerprint density at radius 1 is 1.12 bits per heavy atom. The third kappa shape index (κ3) is 4.49. The Balaban J connectivity index is 1.24. The van der Waals surface area contributed by atoms with Gasteiger partial charge in [0.2, 0.25) is 5.95 Å². The van der Waals surface area contributed by atoms with Crippen molar-refractivity contribution in [3.8, 4) is 17.3 Å². The fourth-order valence-electron chi connectivity index (χ4n) is 4.26. The molecule has 33 heavy (non-hydrogen) atoms. The summed E-state index contributed by atoms with van der Waals surface area (Å²) in [4.78, 5) is 23.3. The van der Waals surface area contributed by atoms with Crippen molar-refractivity contribution in [1.29, 1.82) is 5.26 Å². The second kappa shape index (κ2) is 8.88. The van der Waals surface area contributed by atoms with Gasteiger partial charge in [0.25, 0.3) is 5.91 Å². The van der Waals surface area contributed by atoms with E-state index in [0.29, 0.717) is 11.5 Å². The maximum absolute atomic E-state index is 12.0. The number of aromatic nitrogens is 2. The van der Waals surface area contributed by atoms with Gasteiger partial charge in [0.1, 0.15) is 6.54 Å². The van der Waals surface area contributed by atoms with Crippen LogP contribution in [0.5, 0.6) is 0 Å². The maximum Gasteiger partial charge on any atom is 0.252 e. The molecule has 0 unspecified atom stereocenters. The molecule has 5 rings (SSSR count). The number of nitrogens with one attached hydrogen (secondary N) is 2. The molecule has 0 bridgehead atoms. The Morgan fingerprint density at radius 3 is 2.58 bits per heavy atom. The zero-order chi connectivity index (χ0) is 22.7. The molecule has 2 saturated heterocycles. The fourth-order valence-corrected chi connectivity index (χ4v) is 4.26. The first-order valence-corrected chi connectivity index (χ1v) is 11.0. The molecule has 2 fully saturated rings. The van der Waals surface area contributed by atoms with Crippen molar-refractivity contribution in [2.24, 2.45) is 0 Å². The number of hydrogen-bond donors (Lipinski definition) is 2. The Kier molecular flexibility index (Phi) is 5.63. The van der Waals surface area contributed by atoms with E-state index in [2.05, 4.69) is 37.6 Å². The third-order valence-electron chi connectivity index (χ3n) is 6.20. The van der Waals surface area contributed by atoms with Crippen molar-refractivity contribution in [2.75, 3.05) is 36.5 Å². The van der Waals surface area contributed by atoms with Gasteiger partial charge >= 0.3 is 0 Å². The van der Waals surface area contributed by atoms with Crippen molar-refractivity contribution in [1.82, 2.24) is 15.3 Å². The average molecular weight is 441 g/mol. The van der Waals surface area contributed by atoms with Crippen LogP contribution in [0.25, 0.3) is 11.3 Å². The largest absolute Gasteiger partial charge is 0.373 e. The van der Waals surface area contributed by atoms with E-state index >= 15 is 0 Å². The minimum atomic E-state index is -0.277. The highest BCUT2D eigenvalue weighted by Crippen LogP contribution is 2.38. The van der Waals surface area contributed by atoms with Crippen molar-refractivity contribution in [3.05, 3.63) is 66.4 Å². The molecule has 1 amide bonds. The first kappa shape index (κ1) is 20.9. The van der Waals surface area contributed by atoms with Crippen LogP contribution in [-0.4, -0.2) is 47.7 Å². The van der Waals surface area contributed by atoms with Gasteiger partial charge in [0.05, 0.1) is 24.0 Å². The van der Waals surface area contributed by atoms with Gasteiger partial charge in [-0.15, -0.1) is 0 Å². The summed E-state index contributed by atoms with van der Waals surface area (Å²) in [5.74, 6) is 0.222. The molecule has 1 aromatic heterocycles. The molecule has 3 heterocycles. The second-order valence-electron chi connectivity index (χ2n) is 8.31. The molecule has 8 heteroatoms. The minimum absolute atomic E-state index is 0.0181. The number of rotatable bonds is 6. The highest BCUT2D eigenvalue weighted by Gasteiger charge is 2.44. The monoisotopic (exact) mass is 440 g/mol. The number of nitrogens with zero attached hydrogens (tertiary/aromatic N) is 4. The molecule has 2 aliphatic rings. The molecule has 1 spiro atoms. The summed E-state index contributed by atoms with van der Waals surface area (Å²) >= 11 is 0. The lowest BCUT2D eigenvalue weighted by Gasteiger charge is -2.38. The van der Waals surface area contributed by atoms with Gasteiger partial charge in [-0.3, -0.25) is 4.79 Å². The molecule has 0 saturated carbocycles.